The average Bonchev–Trinajstić information content (AvgIpc) is 2.55. The number of nitrogens with one attached hydrogen (secondary N) is 1. The predicted octanol–water partition coefficient (Wildman–Crippen LogP) is 4.12. The van der Waals surface area contributed by atoms with Gasteiger partial charge in [0.2, 0.25) is 0 Å². The number of aromatic hydroxyl groups is 1. The molecule has 0 saturated carbocycles. The number of anilines is 1. The highest BCUT2D eigenvalue weighted by Crippen LogP contribution is 2.27. The molecule has 0 bridgehead atoms. The molecule has 1 aromatic heterocycles. The number of hydrogen-bond acceptors (Lipinski definition) is 4. The summed E-state index contributed by atoms with van der Waals surface area (Å²) in [6, 6.07) is 9.60. The largest absolute Gasteiger partial charge is 0.508 e. The fraction of sp³-hybridized carbons (Fsp3) is 0.211. The quantitative estimate of drug-likeness (QED) is 0.708. The summed E-state index contributed by atoms with van der Waals surface area (Å²) in [6.07, 6.45) is 0.664. The van der Waals surface area contributed by atoms with Crippen molar-refractivity contribution in [3.05, 3.63) is 69.3 Å². The van der Waals surface area contributed by atoms with Crippen molar-refractivity contribution in [1.82, 2.24) is 0 Å². The molecule has 4 nitrogen and oxygen atoms in total. The molecule has 3 aromatic rings. The van der Waals surface area contributed by atoms with Crippen LogP contribution in [-0.4, -0.2) is 5.11 Å². The summed E-state index contributed by atoms with van der Waals surface area (Å²) in [5.74, 6) is -0.172. The van der Waals surface area contributed by atoms with Crippen molar-refractivity contribution >= 4 is 16.7 Å². The summed E-state index contributed by atoms with van der Waals surface area (Å²) in [6.45, 7) is 3.99. The number of aryl methyl sites for hydroxylation is 2. The zero-order chi connectivity index (χ0) is 17.3. The molecule has 124 valence electrons. The summed E-state index contributed by atoms with van der Waals surface area (Å²) in [5, 5.41) is 13.8. The van der Waals surface area contributed by atoms with Crippen LogP contribution in [0.1, 0.15) is 23.6 Å². The van der Waals surface area contributed by atoms with Crippen LogP contribution in [0.4, 0.5) is 10.1 Å². The standard InChI is InChI=1S/C19H18FNO3/c1-3-12-6-15-13(7-19(23)24-18(15)9-17(12)22)10-21-14-5-4-11(2)16(20)8-14/h4-9,21-22H,3,10H2,1-2H3. The first-order valence-corrected chi connectivity index (χ1v) is 7.76. The van der Waals surface area contributed by atoms with Gasteiger partial charge in [-0.25, -0.2) is 9.18 Å². The molecule has 1 heterocycles. The van der Waals surface area contributed by atoms with E-state index in [1.54, 1.807) is 19.1 Å². The van der Waals surface area contributed by atoms with Crippen LogP contribution in [0.3, 0.4) is 0 Å². The van der Waals surface area contributed by atoms with Crippen molar-refractivity contribution in [1.29, 1.82) is 0 Å². The molecule has 0 fully saturated rings. The third-order valence-electron chi connectivity index (χ3n) is 4.07. The van der Waals surface area contributed by atoms with Crippen molar-refractivity contribution in [3.63, 3.8) is 0 Å². The molecule has 0 unspecified atom stereocenters. The van der Waals surface area contributed by atoms with Gasteiger partial charge in [0.05, 0.1) is 0 Å². The lowest BCUT2D eigenvalue weighted by atomic mass is 10.0. The van der Waals surface area contributed by atoms with Gasteiger partial charge in [0.1, 0.15) is 17.1 Å². The number of halogens is 1. The Labute approximate surface area is 138 Å². The third kappa shape index (κ3) is 3.11. The van der Waals surface area contributed by atoms with Gasteiger partial charge in [-0.05, 0) is 48.2 Å². The highest BCUT2D eigenvalue weighted by molar-refractivity contribution is 5.83. The SMILES string of the molecule is CCc1cc2c(CNc3ccc(C)c(F)c3)cc(=O)oc2cc1O. The fourth-order valence-electron chi connectivity index (χ4n) is 2.64. The minimum atomic E-state index is -0.488. The van der Waals surface area contributed by atoms with Gasteiger partial charge in [-0.3, -0.25) is 0 Å². The molecule has 0 aliphatic rings. The van der Waals surface area contributed by atoms with Crippen molar-refractivity contribution in [3.8, 4) is 5.75 Å². The molecule has 2 N–H and O–H groups in total. The van der Waals surface area contributed by atoms with Crippen molar-refractivity contribution in [2.45, 2.75) is 26.8 Å². The van der Waals surface area contributed by atoms with Crippen LogP contribution < -0.4 is 10.9 Å². The highest BCUT2D eigenvalue weighted by Gasteiger charge is 2.10. The van der Waals surface area contributed by atoms with Crippen LogP contribution in [0.5, 0.6) is 5.75 Å². The molecule has 3 rings (SSSR count). The molecule has 0 spiro atoms. The Morgan fingerprint density at radius 3 is 2.67 bits per heavy atom. The van der Waals surface area contributed by atoms with Gasteiger partial charge in [0, 0.05) is 29.8 Å². The molecule has 5 heteroatoms. The molecule has 0 radical (unpaired) electrons. The summed E-state index contributed by atoms with van der Waals surface area (Å²) in [7, 11) is 0. The van der Waals surface area contributed by atoms with Crippen LogP contribution in [0.2, 0.25) is 0 Å². The van der Waals surface area contributed by atoms with Gasteiger partial charge >= 0.3 is 5.63 Å². The van der Waals surface area contributed by atoms with E-state index in [1.165, 1.54) is 18.2 Å². The molecule has 0 aliphatic heterocycles. The highest BCUT2D eigenvalue weighted by atomic mass is 19.1. The van der Waals surface area contributed by atoms with E-state index in [9.17, 15) is 14.3 Å². The first kappa shape index (κ1) is 16.1. The lowest BCUT2D eigenvalue weighted by Crippen LogP contribution is -2.06. The first-order valence-electron chi connectivity index (χ1n) is 7.76. The van der Waals surface area contributed by atoms with Gasteiger partial charge in [-0.1, -0.05) is 13.0 Å². The van der Waals surface area contributed by atoms with E-state index in [0.29, 0.717) is 29.8 Å². The molecular weight excluding hydrogens is 309 g/mol. The Bertz CT molecular complexity index is 963. The summed E-state index contributed by atoms with van der Waals surface area (Å²) < 4.78 is 18.8. The predicted molar refractivity (Wildman–Crippen MR) is 92.0 cm³/mol. The van der Waals surface area contributed by atoms with Crippen LogP contribution >= 0.6 is 0 Å². The van der Waals surface area contributed by atoms with Crippen molar-refractivity contribution < 1.29 is 13.9 Å². The van der Waals surface area contributed by atoms with E-state index in [-0.39, 0.29) is 11.6 Å². The smallest absolute Gasteiger partial charge is 0.336 e. The fourth-order valence-corrected chi connectivity index (χ4v) is 2.64. The average molecular weight is 327 g/mol. The minimum absolute atomic E-state index is 0.110. The number of rotatable bonds is 4. The van der Waals surface area contributed by atoms with E-state index in [4.69, 9.17) is 4.42 Å². The second-order valence-electron chi connectivity index (χ2n) is 5.74. The summed E-state index contributed by atoms with van der Waals surface area (Å²) in [4.78, 5) is 11.7. The molecule has 24 heavy (non-hydrogen) atoms. The van der Waals surface area contributed by atoms with Gasteiger partial charge in [-0.15, -0.1) is 0 Å². The van der Waals surface area contributed by atoms with E-state index in [1.807, 2.05) is 13.0 Å². The second-order valence-corrected chi connectivity index (χ2v) is 5.74. The molecule has 0 saturated heterocycles. The number of hydrogen-bond donors (Lipinski definition) is 2. The van der Waals surface area contributed by atoms with E-state index >= 15 is 0 Å². The Balaban J connectivity index is 1.98. The Hall–Kier alpha value is -2.82. The lowest BCUT2D eigenvalue weighted by Gasteiger charge is -2.11. The Morgan fingerprint density at radius 1 is 1.17 bits per heavy atom. The van der Waals surface area contributed by atoms with Crippen LogP contribution in [-0.2, 0) is 13.0 Å². The van der Waals surface area contributed by atoms with Crippen molar-refractivity contribution in [2.75, 3.05) is 5.32 Å². The second kappa shape index (κ2) is 6.35. The summed E-state index contributed by atoms with van der Waals surface area (Å²) >= 11 is 0. The number of fused-ring (bicyclic) bond motifs is 1. The van der Waals surface area contributed by atoms with Gasteiger partial charge in [0.15, 0.2) is 0 Å². The van der Waals surface area contributed by atoms with Crippen LogP contribution in [0.25, 0.3) is 11.0 Å². The first-order chi connectivity index (χ1) is 11.5. The van der Waals surface area contributed by atoms with E-state index < -0.39 is 5.63 Å². The number of phenolic OH excluding ortho intramolecular Hbond substituents is 1. The molecule has 0 amide bonds. The normalized spacial score (nSPS) is 11.0. The van der Waals surface area contributed by atoms with Gasteiger partial charge in [0.25, 0.3) is 0 Å². The maximum atomic E-state index is 13.6. The topological polar surface area (TPSA) is 62.5 Å². The monoisotopic (exact) mass is 327 g/mol. The van der Waals surface area contributed by atoms with Crippen LogP contribution in [0, 0.1) is 12.7 Å². The lowest BCUT2D eigenvalue weighted by molar-refractivity contribution is 0.466. The summed E-state index contributed by atoms with van der Waals surface area (Å²) in [5.41, 5.74) is 2.57. The minimum Gasteiger partial charge on any atom is -0.508 e. The molecule has 0 aliphatic carbocycles. The third-order valence-corrected chi connectivity index (χ3v) is 4.07. The molecule has 0 atom stereocenters. The van der Waals surface area contributed by atoms with E-state index in [2.05, 4.69) is 5.32 Å². The molecular formula is C19H18FNO3. The Morgan fingerprint density at radius 2 is 1.96 bits per heavy atom. The van der Waals surface area contributed by atoms with E-state index in [0.717, 1.165) is 16.5 Å². The molecule has 2 aromatic carbocycles. The zero-order valence-electron chi connectivity index (χ0n) is 13.5. The maximum absolute atomic E-state index is 13.6. The van der Waals surface area contributed by atoms with Gasteiger partial charge in [-0.2, -0.15) is 0 Å². The zero-order valence-corrected chi connectivity index (χ0v) is 13.5. The Kier molecular flexibility index (Phi) is 4.25. The number of benzene rings is 2. The van der Waals surface area contributed by atoms with Crippen LogP contribution in [0.15, 0.2) is 45.6 Å². The van der Waals surface area contributed by atoms with Gasteiger partial charge < -0.3 is 14.8 Å². The number of phenols is 1. The maximum Gasteiger partial charge on any atom is 0.336 e. The van der Waals surface area contributed by atoms with Crippen molar-refractivity contribution in [2.24, 2.45) is 0 Å².